The fourth-order valence-electron chi connectivity index (χ4n) is 2.13. The number of benzene rings is 1. The highest BCUT2D eigenvalue weighted by atomic mass is 16.5. The second-order valence-electron chi connectivity index (χ2n) is 4.75. The van der Waals surface area contributed by atoms with Gasteiger partial charge in [-0.05, 0) is 25.0 Å². The summed E-state index contributed by atoms with van der Waals surface area (Å²) in [5.74, 6) is -0.471. The van der Waals surface area contributed by atoms with E-state index >= 15 is 0 Å². The van der Waals surface area contributed by atoms with Crippen molar-refractivity contribution in [3.8, 4) is 0 Å². The number of methoxy groups -OCH3 is 1. The summed E-state index contributed by atoms with van der Waals surface area (Å²) in [5.41, 5.74) is 2.23. The number of aromatic amines is 1. The van der Waals surface area contributed by atoms with Gasteiger partial charge in [0.2, 0.25) is 0 Å². The Hall–Kier alpha value is -2.50. The third-order valence-electron chi connectivity index (χ3n) is 3.26. The molecular weight excluding hydrogens is 270 g/mol. The van der Waals surface area contributed by atoms with Crippen LogP contribution in [0, 0.1) is 0 Å². The third kappa shape index (κ3) is 3.75. The van der Waals surface area contributed by atoms with Crippen LogP contribution in [0.1, 0.15) is 12.5 Å². The number of para-hydroxylation sites is 1. The zero-order chi connectivity index (χ0) is 15.2. The van der Waals surface area contributed by atoms with Gasteiger partial charge < -0.3 is 20.4 Å². The predicted molar refractivity (Wildman–Crippen MR) is 80.0 cm³/mol. The monoisotopic (exact) mass is 289 g/mol. The second-order valence-corrected chi connectivity index (χ2v) is 4.75. The molecule has 6 heteroatoms. The number of carbonyl (C=O) groups excluding carboxylic acids is 2. The molecule has 0 saturated heterocycles. The molecule has 0 fully saturated rings. The lowest BCUT2D eigenvalue weighted by atomic mass is 10.1. The molecule has 0 aliphatic rings. The van der Waals surface area contributed by atoms with E-state index in [0.29, 0.717) is 13.0 Å². The Bertz CT molecular complexity index is 636. The molecule has 2 amide bonds. The number of nitrogens with one attached hydrogen (secondary N) is 3. The molecule has 1 aromatic carbocycles. The third-order valence-corrected chi connectivity index (χ3v) is 3.26. The molecule has 1 aromatic heterocycles. The minimum Gasteiger partial charge on any atom is -0.467 e. The van der Waals surface area contributed by atoms with E-state index in [4.69, 9.17) is 0 Å². The van der Waals surface area contributed by atoms with Crippen molar-refractivity contribution in [3.63, 3.8) is 0 Å². The zero-order valence-electron chi connectivity index (χ0n) is 12.1. The largest absolute Gasteiger partial charge is 0.467 e. The number of hydrogen-bond acceptors (Lipinski definition) is 3. The highest BCUT2D eigenvalue weighted by Gasteiger charge is 2.15. The molecule has 0 radical (unpaired) electrons. The number of H-pyrrole nitrogens is 1. The maximum Gasteiger partial charge on any atom is 0.328 e. The molecule has 0 bridgehead atoms. The Balaban J connectivity index is 1.81. The number of esters is 1. The Morgan fingerprint density at radius 1 is 1.33 bits per heavy atom. The van der Waals surface area contributed by atoms with Crippen molar-refractivity contribution in [2.45, 2.75) is 19.4 Å². The van der Waals surface area contributed by atoms with Crippen LogP contribution in [0.5, 0.6) is 0 Å². The van der Waals surface area contributed by atoms with Gasteiger partial charge in [0.1, 0.15) is 6.04 Å². The van der Waals surface area contributed by atoms with Gasteiger partial charge in [-0.15, -0.1) is 0 Å². The number of amides is 2. The fraction of sp³-hybridized carbons (Fsp3) is 0.333. The average molecular weight is 289 g/mol. The van der Waals surface area contributed by atoms with Gasteiger partial charge in [-0.3, -0.25) is 0 Å². The van der Waals surface area contributed by atoms with Crippen molar-refractivity contribution >= 4 is 22.9 Å². The van der Waals surface area contributed by atoms with Crippen LogP contribution in [0.4, 0.5) is 4.79 Å². The first-order valence-corrected chi connectivity index (χ1v) is 6.79. The van der Waals surface area contributed by atoms with E-state index in [1.54, 1.807) is 6.92 Å². The topological polar surface area (TPSA) is 83.2 Å². The number of ether oxygens (including phenoxy) is 1. The highest BCUT2D eigenvalue weighted by molar-refractivity contribution is 5.84. The molecule has 0 aliphatic carbocycles. The first kappa shape index (κ1) is 14.9. The number of rotatable bonds is 5. The van der Waals surface area contributed by atoms with Crippen molar-refractivity contribution in [3.05, 3.63) is 36.0 Å². The SMILES string of the molecule is COC(=O)[C@H](C)NC(=O)NCCc1c[nH]c2ccccc12. The lowest BCUT2D eigenvalue weighted by Crippen LogP contribution is -2.45. The summed E-state index contributed by atoms with van der Waals surface area (Å²) in [6.07, 6.45) is 2.66. The maximum absolute atomic E-state index is 11.6. The summed E-state index contributed by atoms with van der Waals surface area (Å²) in [4.78, 5) is 26.0. The Kier molecular flexibility index (Phi) is 4.81. The molecule has 112 valence electrons. The molecule has 6 nitrogen and oxygen atoms in total. The quantitative estimate of drug-likeness (QED) is 0.731. The summed E-state index contributed by atoms with van der Waals surface area (Å²) in [6.45, 7) is 2.06. The van der Waals surface area contributed by atoms with Crippen molar-refractivity contribution in [2.75, 3.05) is 13.7 Å². The van der Waals surface area contributed by atoms with Crippen LogP contribution in [0.15, 0.2) is 30.5 Å². The molecule has 2 aromatic rings. The van der Waals surface area contributed by atoms with E-state index in [1.807, 2.05) is 30.5 Å². The van der Waals surface area contributed by atoms with E-state index in [0.717, 1.165) is 16.5 Å². The number of fused-ring (bicyclic) bond motifs is 1. The molecule has 0 saturated carbocycles. The van der Waals surface area contributed by atoms with Crippen LogP contribution in [-0.4, -0.2) is 36.7 Å². The Morgan fingerprint density at radius 3 is 2.86 bits per heavy atom. The van der Waals surface area contributed by atoms with Crippen molar-refractivity contribution in [1.82, 2.24) is 15.6 Å². The lowest BCUT2D eigenvalue weighted by molar-refractivity contribution is -0.142. The van der Waals surface area contributed by atoms with E-state index < -0.39 is 12.0 Å². The Morgan fingerprint density at radius 2 is 2.10 bits per heavy atom. The molecule has 0 spiro atoms. The van der Waals surface area contributed by atoms with E-state index in [2.05, 4.69) is 20.4 Å². The average Bonchev–Trinajstić information content (AvgIpc) is 2.90. The van der Waals surface area contributed by atoms with Gasteiger partial charge >= 0.3 is 12.0 Å². The number of carbonyl (C=O) groups is 2. The zero-order valence-corrected chi connectivity index (χ0v) is 12.1. The molecule has 0 aliphatic heterocycles. The number of urea groups is 1. The van der Waals surface area contributed by atoms with E-state index in [9.17, 15) is 9.59 Å². The van der Waals surface area contributed by atoms with Crippen molar-refractivity contribution in [1.29, 1.82) is 0 Å². The molecule has 1 heterocycles. The minimum absolute atomic E-state index is 0.382. The van der Waals surface area contributed by atoms with Crippen LogP contribution in [0.2, 0.25) is 0 Å². The van der Waals surface area contributed by atoms with Gasteiger partial charge in [-0.2, -0.15) is 0 Å². The summed E-state index contributed by atoms with van der Waals surface area (Å²) in [6, 6.07) is 6.97. The molecule has 2 rings (SSSR count). The van der Waals surface area contributed by atoms with Crippen molar-refractivity contribution in [2.24, 2.45) is 0 Å². The summed E-state index contributed by atoms with van der Waals surface area (Å²) < 4.78 is 4.54. The highest BCUT2D eigenvalue weighted by Crippen LogP contribution is 2.17. The fourth-order valence-corrected chi connectivity index (χ4v) is 2.13. The van der Waals surface area contributed by atoms with E-state index in [1.165, 1.54) is 7.11 Å². The molecule has 21 heavy (non-hydrogen) atoms. The van der Waals surface area contributed by atoms with Gasteiger partial charge in [0.15, 0.2) is 0 Å². The van der Waals surface area contributed by atoms with E-state index in [-0.39, 0.29) is 6.03 Å². The van der Waals surface area contributed by atoms with Gasteiger partial charge in [0.05, 0.1) is 7.11 Å². The normalized spacial score (nSPS) is 11.9. The van der Waals surface area contributed by atoms with Crippen LogP contribution < -0.4 is 10.6 Å². The molecule has 1 atom stereocenters. The number of aromatic nitrogens is 1. The maximum atomic E-state index is 11.6. The molecular formula is C15H19N3O3. The van der Waals surface area contributed by atoms with Crippen LogP contribution in [-0.2, 0) is 16.0 Å². The minimum atomic E-state index is -0.664. The first-order valence-electron chi connectivity index (χ1n) is 6.79. The van der Waals surface area contributed by atoms with Gasteiger partial charge in [-0.25, -0.2) is 9.59 Å². The van der Waals surface area contributed by atoms with Crippen molar-refractivity contribution < 1.29 is 14.3 Å². The summed E-state index contributed by atoms with van der Waals surface area (Å²) in [7, 11) is 1.29. The Labute approximate surface area is 122 Å². The second kappa shape index (κ2) is 6.78. The standard InChI is InChI=1S/C15H19N3O3/c1-10(14(19)21-2)18-15(20)16-8-7-11-9-17-13-6-4-3-5-12(11)13/h3-6,9-10,17H,7-8H2,1-2H3,(H2,16,18,20)/t10-/m0/s1. The van der Waals surface area contributed by atoms with Crippen LogP contribution in [0.3, 0.4) is 0 Å². The smallest absolute Gasteiger partial charge is 0.328 e. The van der Waals surface area contributed by atoms with Gasteiger partial charge in [0, 0.05) is 23.6 Å². The van der Waals surface area contributed by atoms with Crippen LogP contribution in [0.25, 0.3) is 10.9 Å². The first-order chi connectivity index (χ1) is 10.1. The summed E-state index contributed by atoms with van der Waals surface area (Å²) in [5, 5.41) is 6.39. The molecule has 3 N–H and O–H groups in total. The van der Waals surface area contributed by atoms with Crippen LogP contribution >= 0.6 is 0 Å². The van der Waals surface area contributed by atoms with Gasteiger partial charge in [0.25, 0.3) is 0 Å². The summed E-state index contributed by atoms with van der Waals surface area (Å²) >= 11 is 0. The molecule has 0 unspecified atom stereocenters. The number of hydrogen-bond donors (Lipinski definition) is 3. The predicted octanol–water partition coefficient (Wildman–Crippen LogP) is 1.57. The lowest BCUT2D eigenvalue weighted by Gasteiger charge is -2.12. The van der Waals surface area contributed by atoms with Gasteiger partial charge in [-0.1, -0.05) is 18.2 Å².